The van der Waals surface area contributed by atoms with E-state index in [-0.39, 0.29) is 0 Å². The Balaban J connectivity index is 2.00. The van der Waals surface area contributed by atoms with Crippen LogP contribution in [0.15, 0.2) is 12.1 Å². The fourth-order valence-electron chi connectivity index (χ4n) is 2.81. The molecule has 1 saturated heterocycles. The third-order valence-electron chi connectivity index (χ3n) is 3.90. The summed E-state index contributed by atoms with van der Waals surface area (Å²) in [6.45, 7) is 7.67. The van der Waals surface area contributed by atoms with Gasteiger partial charge >= 0.3 is 0 Å². The number of aryl methyl sites for hydroxylation is 1. The summed E-state index contributed by atoms with van der Waals surface area (Å²) in [5.74, 6) is 0.749. The van der Waals surface area contributed by atoms with Crippen LogP contribution in [-0.2, 0) is 13.0 Å². The maximum absolute atomic E-state index is 5.93. The van der Waals surface area contributed by atoms with Gasteiger partial charge in [0, 0.05) is 28.9 Å². The molecule has 1 fully saturated rings. The molecule has 0 bridgehead atoms. The molecule has 0 aromatic carbocycles. The molecule has 2 rings (SSSR count). The van der Waals surface area contributed by atoms with Crippen molar-refractivity contribution in [2.45, 2.75) is 45.7 Å². The van der Waals surface area contributed by atoms with Gasteiger partial charge in [-0.05, 0) is 43.9 Å². The van der Waals surface area contributed by atoms with Crippen LogP contribution in [-0.4, -0.2) is 24.0 Å². The molecule has 96 valence electrons. The predicted octanol–water partition coefficient (Wildman–Crippen LogP) is 2.87. The summed E-state index contributed by atoms with van der Waals surface area (Å²) >= 11 is 1.96. The molecule has 2 unspecified atom stereocenters. The van der Waals surface area contributed by atoms with Gasteiger partial charge in [0.2, 0.25) is 0 Å². The standard InChI is InChI=1S/C14H24N2S/c1-3-12-6-7-13(17-12)10-16-8-4-5-11(2)14(16)9-15/h6-7,11,14H,3-5,8-10,15H2,1-2H3. The normalized spacial score (nSPS) is 26.3. The molecule has 17 heavy (non-hydrogen) atoms. The minimum absolute atomic E-state index is 0.580. The number of piperidine rings is 1. The number of hydrogen-bond donors (Lipinski definition) is 1. The molecule has 2 nitrogen and oxygen atoms in total. The average Bonchev–Trinajstić information content (AvgIpc) is 2.77. The molecule has 1 aliphatic rings. The smallest absolute Gasteiger partial charge is 0.0331 e. The highest BCUT2D eigenvalue weighted by atomic mass is 32.1. The van der Waals surface area contributed by atoms with Crippen molar-refractivity contribution in [1.82, 2.24) is 4.90 Å². The zero-order valence-corrected chi connectivity index (χ0v) is 11.8. The highest BCUT2D eigenvalue weighted by Crippen LogP contribution is 2.26. The molecule has 0 aliphatic carbocycles. The Bertz CT molecular complexity index is 348. The highest BCUT2D eigenvalue weighted by Gasteiger charge is 2.27. The van der Waals surface area contributed by atoms with E-state index in [2.05, 4.69) is 30.9 Å². The summed E-state index contributed by atoms with van der Waals surface area (Å²) < 4.78 is 0. The lowest BCUT2D eigenvalue weighted by molar-refractivity contribution is 0.100. The average molecular weight is 252 g/mol. The van der Waals surface area contributed by atoms with E-state index in [9.17, 15) is 0 Å². The maximum atomic E-state index is 5.93. The third kappa shape index (κ3) is 3.09. The molecule has 0 saturated carbocycles. The second-order valence-electron chi connectivity index (χ2n) is 5.11. The van der Waals surface area contributed by atoms with Gasteiger partial charge in [-0.3, -0.25) is 4.90 Å². The minimum Gasteiger partial charge on any atom is -0.329 e. The molecule has 2 N–H and O–H groups in total. The number of thiophene rings is 1. The second-order valence-corrected chi connectivity index (χ2v) is 6.37. The summed E-state index contributed by atoms with van der Waals surface area (Å²) in [5, 5.41) is 0. The van der Waals surface area contributed by atoms with E-state index in [1.165, 1.54) is 29.1 Å². The summed E-state index contributed by atoms with van der Waals surface area (Å²) in [6, 6.07) is 5.14. The minimum atomic E-state index is 0.580. The van der Waals surface area contributed by atoms with E-state index in [0.29, 0.717) is 6.04 Å². The summed E-state index contributed by atoms with van der Waals surface area (Å²) in [7, 11) is 0. The lowest BCUT2D eigenvalue weighted by atomic mass is 9.91. The van der Waals surface area contributed by atoms with Crippen molar-refractivity contribution in [3.63, 3.8) is 0 Å². The fourth-order valence-corrected chi connectivity index (χ4v) is 3.79. The third-order valence-corrected chi connectivity index (χ3v) is 5.11. The first-order valence-electron chi connectivity index (χ1n) is 6.76. The molecular weight excluding hydrogens is 228 g/mol. The molecule has 1 aromatic rings. The van der Waals surface area contributed by atoms with Gasteiger partial charge in [-0.2, -0.15) is 0 Å². The van der Waals surface area contributed by atoms with Gasteiger partial charge in [0.15, 0.2) is 0 Å². The van der Waals surface area contributed by atoms with Crippen LogP contribution in [0, 0.1) is 5.92 Å². The molecule has 2 heterocycles. The van der Waals surface area contributed by atoms with Crippen molar-refractivity contribution in [2.24, 2.45) is 11.7 Å². The first-order valence-corrected chi connectivity index (χ1v) is 7.58. The number of rotatable bonds is 4. The number of nitrogens with zero attached hydrogens (tertiary/aromatic N) is 1. The first-order chi connectivity index (χ1) is 8.24. The predicted molar refractivity (Wildman–Crippen MR) is 75.3 cm³/mol. The van der Waals surface area contributed by atoms with Gasteiger partial charge in [0.1, 0.15) is 0 Å². The Hall–Kier alpha value is -0.380. The van der Waals surface area contributed by atoms with Gasteiger partial charge < -0.3 is 5.73 Å². The van der Waals surface area contributed by atoms with Gasteiger partial charge in [0.25, 0.3) is 0 Å². The zero-order valence-electron chi connectivity index (χ0n) is 11.0. The second kappa shape index (κ2) is 5.98. The van der Waals surface area contributed by atoms with Crippen LogP contribution in [0.5, 0.6) is 0 Å². The van der Waals surface area contributed by atoms with E-state index in [4.69, 9.17) is 5.73 Å². The lowest BCUT2D eigenvalue weighted by Gasteiger charge is -2.39. The molecular formula is C14H24N2S. The Morgan fingerprint density at radius 1 is 1.41 bits per heavy atom. The molecule has 0 spiro atoms. The van der Waals surface area contributed by atoms with Crippen LogP contribution in [0.3, 0.4) is 0 Å². The lowest BCUT2D eigenvalue weighted by Crippen LogP contribution is -2.47. The van der Waals surface area contributed by atoms with Crippen molar-refractivity contribution >= 4 is 11.3 Å². The van der Waals surface area contributed by atoms with Crippen molar-refractivity contribution in [3.8, 4) is 0 Å². The van der Waals surface area contributed by atoms with E-state index in [1.807, 2.05) is 11.3 Å². The van der Waals surface area contributed by atoms with E-state index in [0.717, 1.165) is 25.4 Å². The summed E-state index contributed by atoms with van der Waals surface area (Å²) in [6.07, 6.45) is 3.81. The molecule has 0 radical (unpaired) electrons. The highest BCUT2D eigenvalue weighted by molar-refractivity contribution is 7.11. The molecule has 1 aromatic heterocycles. The molecule has 1 aliphatic heterocycles. The van der Waals surface area contributed by atoms with E-state index in [1.54, 1.807) is 0 Å². The Morgan fingerprint density at radius 2 is 2.18 bits per heavy atom. The monoisotopic (exact) mass is 252 g/mol. The van der Waals surface area contributed by atoms with Crippen molar-refractivity contribution in [2.75, 3.05) is 13.1 Å². The van der Waals surface area contributed by atoms with E-state index < -0.39 is 0 Å². The van der Waals surface area contributed by atoms with Crippen LogP contribution < -0.4 is 5.73 Å². The van der Waals surface area contributed by atoms with Crippen LogP contribution in [0.1, 0.15) is 36.4 Å². The topological polar surface area (TPSA) is 29.3 Å². The van der Waals surface area contributed by atoms with Crippen molar-refractivity contribution in [1.29, 1.82) is 0 Å². The maximum Gasteiger partial charge on any atom is 0.0331 e. The number of nitrogens with two attached hydrogens (primary N) is 1. The quantitative estimate of drug-likeness (QED) is 0.893. The van der Waals surface area contributed by atoms with Crippen molar-refractivity contribution in [3.05, 3.63) is 21.9 Å². The van der Waals surface area contributed by atoms with Crippen molar-refractivity contribution < 1.29 is 0 Å². The summed E-state index contributed by atoms with van der Waals surface area (Å²) in [5.41, 5.74) is 5.93. The van der Waals surface area contributed by atoms with Gasteiger partial charge in [-0.1, -0.05) is 13.8 Å². The largest absolute Gasteiger partial charge is 0.329 e. The van der Waals surface area contributed by atoms with Crippen LogP contribution in [0.2, 0.25) is 0 Å². The Kier molecular flexibility index (Phi) is 4.60. The molecule has 2 atom stereocenters. The van der Waals surface area contributed by atoms with Crippen LogP contribution in [0.25, 0.3) is 0 Å². The number of likely N-dealkylation sites (tertiary alicyclic amines) is 1. The number of hydrogen-bond acceptors (Lipinski definition) is 3. The van der Waals surface area contributed by atoms with Crippen LogP contribution in [0.4, 0.5) is 0 Å². The van der Waals surface area contributed by atoms with Gasteiger partial charge in [-0.15, -0.1) is 11.3 Å². The Morgan fingerprint density at radius 3 is 2.82 bits per heavy atom. The summed E-state index contributed by atoms with van der Waals surface area (Å²) in [4.78, 5) is 5.57. The molecule has 3 heteroatoms. The van der Waals surface area contributed by atoms with Gasteiger partial charge in [0.05, 0.1) is 0 Å². The zero-order chi connectivity index (χ0) is 12.3. The molecule has 0 amide bonds. The SMILES string of the molecule is CCc1ccc(CN2CCCC(C)C2CN)s1. The van der Waals surface area contributed by atoms with E-state index >= 15 is 0 Å². The fraction of sp³-hybridized carbons (Fsp3) is 0.714. The van der Waals surface area contributed by atoms with Crippen LogP contribution >= 0.6 is 11.3 Å². The Labute approximate surface area is 109 Å². The first kappa shape index (κ1) is 13.1. The van der Waals surface area contributed by atoms with Gasteiger partial charge in [-0.25, -0.2) is 0 Å².